The molecule has 9 nitrogen and oxygen atoms in total. The van der Waals surface area contributed by atoms with E-state index in [-0.39, 0.29) is 34.5 Å². The molecule has 0 aromatic heterocycles. The Morgan fingerprint density at radius 3 is 0.972 bits per heavy atom. The number of rotatable bonds is 27. The van der Waals surface area contributed by atoms with E-state index in [2.05, 4.69) is 87.5 Å². The van der Waals surface area contributed by atoms with Crippen LogP contribution in [0.5, 0.6) is 0 Å². The molecule has 0 fully saturated rings. The van der Waals surface area contributed by atoms with E-state index in [1.54, 1.807) is 72.8 Å². The molecule has 0 saturated carbocycles. The number of unbranched alkanes of at least 4 members (excludes halogenated alkanes) is 3. The van der Waals surface area contributed by atoms with Gasteiger partial charge >= 0.3 is 0 Å². The molecule has 0 unspecified atom stereocenters. The van der Waals surface area contributed by atoms with Crippen LogP contribution in [-0.2, 0) is 81.4 Å². The summed E-state index contributed by atoms with van der Waals surface area (Å²) in [6, 6.07) is 45.6. The van der Waals surface area contributed by atoms with Crippen molar-refractivity contribution in [3.8, 4) is 0 Å². The minimum absolute atomic E-state index is 0.202. The molecule has 6 aromatic rings. The molecule has 0 amide bonds. The molecule has 6 rings (SSSR count). The van der Waals surface area contributed by atoms with Gasteiger partial charge in [-0.3, -0.25) is 12.5 Å². The molecule has 0 N–H and O–H groups in total. The molecule has 0 saturated heterocycles. The molecule has 0 aliphatic heterocycles. The molecule has 0 heterocycles. The second-order valence-electron chi connectivity index (χ2n) is 18.3. The van der Waals surface area contributed by atoms with Gasteiger partial charge in [-0.2, -0.15) is 25.3 Å². The summed E-state index contributed by atoms with van der Waals surface area (Å²) < 4.78 is 88.1. The van der Waals surface area contributed by atoms with Crippen molar-refractivity contribution in [3.05, 3.63) is 196 Å². The summed E-state index contributed by atoms with van der Waals surface area (Å²) in [5.74, 6) is 0. The molecule has 0 radical (unpaired) electrons. The normalized spacial score (nSPS) is 11.6. The van der Waals surface area contributed by atoms with Crippen molar-refractivity contribution in [2.75, 3.05) is 19.8 Å². The third-order valence-electron chi connectivity index (χ3n) is 12.0. The van der Waals surface area contributed by atoms with Crippen LogP contribution in [0.25, 0.3) is 0 Å². The molecule has 72 heavy (non-hydrogen) atoms. The predicted molar refractivity (Wildman–Crippen MR) is 293 cm³/mol. The molecule has 0 atom stereocenters. The fourth-order valence-corrected chi connectivity index (χ4v) is 10.5. The molecular formula is C60H78O9S3. The van der Waals surface area contributed by atoms with Gasteiger partial charge in [-0.05, 0) is 168 Å². The second kappa shape index (κ2) is 31.6. The SMILES string of the molecule is CCCCc1ccc(CCCOS(=O)(=O)c2ccc(C)cc2)cc1.CCCCc1cccc(CCCOS(=O)(=O)c2ccc(C)cc2)c1.CCCCc1ccccc1CCCOS(=O)(=O)c1ccc(C)cc1. The van der Waals surface area contributed by atoms with Crippen LogP contribution in [0.3, 0.4) is 0 Å². The average Bonchev–Trinajstić information content (AvgIpc) is 3.37. The van der Waals surface area contributed by atoms with Crippen LogP contribution in [0.4, 0.5) is 0 Å². The van der Waals surface area contributed by atoms with E-state index in [4.69, 9.17) is 12.5 Å². The minimum atomic E-state index is -3.66. The average molecular weight is 1040 g/mol. The van der Waals surface area contributed by atoms with E-state index < -0.39 is 30.4 Å². The lowest BCUT2D eigenvalue weighted by atomic mass is 9.99. The largest absolute Gasteiger partial charge is 0.296 e. The van der Waals surface area contributed by atoms with E-state index in [1.807, 2.05) is 26.8 Å². The van der Waals surface area contributed by atoms with Gasteiger partial charge in [-0.1, -0.05) is 166 Å². The highest BCUT2D eigenvalue weighted by Crippen LogP contribution is 2.19. The molecular weight excluding hydrogens is 961 g/mol. The second-order valence-corrected chi connectivity index (χ2v) is 23.1. The Labute approximate surface area is 433 Å². The van der Waals surface area contributed by atoms with Crippen LogP contribution in [-0.4, -0.2) is 45.1 Å². The van der Waals surface area contributed by atoms with Crippen molar-refractivity contribution >= 4 is 30.4 Å². The summed E-state index contributed by atoms with van der Waals surface area (Å²) in [5.41, 5.74) is 10.9. The van der Waals surface area contributed by atoms with Gasteiger partial charge in [0.2, 0.25) is 0 Å². The van der Waals surface area contributed by atoms with Crippen LogP contribution in [0.15, 0.2) is 160 Å². The lowest BCUT2D eigenvalue weighted by molar-refractivity contribution is 0.311. The predicted octanol–water partition coefficient (Wildman–Crippen LogP) is 14.0. The van der Waals surface area contributed by atoms with Crippen LogP contribution >= 0.6 is 0 Å². The molecule has 0 aliphatic carbocycles. The van der Waals surface area contributed by atoms with Crippen LogP contribution in [0, 0.1) is 20.8 Å². The first kappa shape index (κ1) is 59.6. The Morgan fingerprint density at radius 2 is 0.611 bits per heavy atom. The van der Waals surface area contributed by atoms with Crippen molar-refractivity contribution < 1.29 is 37.8 Å². The van der Waals surface area contributed by atoms with Crippen molar-refractivity contribution in [2.24, 2.45) is 0 Å². The van der Waals surface area contributed by atoms with Crippen molar-refractivity contribution in [1.29, 1.82) is 0 Å². The van der Waals surface area contributed by atoms with Crippen molar-refractivity contribution in [1.82, 2.24) is 0 Å². The highest BCUT2D eigenvalue weighted by molar-refractivity contribution is 7.87. The van der Waals surface area contributed by atoms with Crippen molar-refractivity contribution in [3.63, 3.8) is 0 Å². The maximum atomic E-state index is 12.1. The van der Waals surface area contributed by atoms with Crippen LogP contribution in [0.2, 0.25) is 0 Å². The molecule has 6 aromatic carbocycles. The van der Waals surface area contributed by atoms with Gasteiger partial charge in [-0.25, -0.2) is 0 Å². The Bertz CT molecular complexity index is 2810. The lowest BCUT2D eigenvalue weighted by Gasteiger charge is -2.10. The summed E-state index contributed by atoms with van der Waals surface area (Å²) >= 11 is 0. The maximum absolute atomic E-state index is 12.1. The topological polar surface area (TPSA) is 130 Å². The van der Waals surface area contributed by atoms with Gasteiger partial charge < -0.3 is 0 Å². The lowest BCUT2D eigenvalue weighted by Crippen LogP contribution is -2.08. The fourth-order valence-electron chi connectivity index (χ4n) is 7.63. The number of hydrogen-bond donors (Lipinski definition) is 0. The van der Waals surface area contributed by atoms with E-state index >= 15 is 0 Å². The molecule has 12 heteroatoms. The molecule has 0 aliphatic rings. The number of aryl methyl sites for hydroxylation is 9. The third-order valence-corrected chi connectivity index (χ3v) is 16.0. The monoisotopic (exact) mass is 1040 g/mol. The Hall–Kier alpha value is -4.95. The number of hydrogen-bond acceptors (Lipinski definition) is 9. The van der Waals surface area contributed by atoms with E-state index in [1.165, 1.54) is 71.9 Å². The summed E-state index contributed by atoms with van der Waals surface area (Å²) in [4.78, 5) is 0.652. The first-order valence-electron chi connectivity index (χ1n) is 25.7. The molecule has 390 valence electrons. The highest BCUT2D eigenvalue weighted by atomic mass is 32.2. The zero-order chi connectivity index (χ0) is 52.2. The van der Waals surface area contributed by atoms with E-state index in [0.717, 1.165) is 55.2 Å². The maximum Gasteiger partial charge on any atom is 0.296 e. The fraction of sp³-hybridized carbons (Fsp3) is 0.400. The van der Waals surface area contributed by atoms with Crippen LogP contribution < -0.4 is 0 Å². The standard InChI is InChI=1S/3C20H26O3S/c1-3-4-7-18-8-5-9-19(16-18)10-6-15-23-24(21,22)20-13-11-17(2)12-14-20;1-3-4-8-18-9-5-6-10-19(18)11-7-16-23-24(21,22)20-14-12-17(2)13-15-20;1-3-4-6-18-10-12-19(13-11-18)7-5-16-23-24(21,22)20-14-8-17(2)9-15-20/h5,8-9,11-14,16H,3-4,6-7,10,15H2,1-2H3;5-6,9-10,12-15H,3-4,7-8,11,16H2,1-2H3;8-15H,3-7,16H2,1-2H3. The summed E-state index contributed by atoms with van der Waals surface area (Å²) in [5, 5.41) is 0. The summed E-state index contributed by atoms with van der Waals surface area (Å²) in [7, 11) is -11.0. The molecule has 0 bridgehead atoms. The first-order valence-corrected chi connectivity index (χ1v) is 29.9. The van der Waals surface area contributed by atoms with Gasteiger partial charge in [-0.15, -0.1) is 0 Å². The highest BCUT2D eigenvalue weighted by Gasteiger charge is 2.17. The van der Waals surface area contributed by atoms with Gasteiger partial charge in [0.25, 0.3) is 30.4 Å². The summed E-state index contributed by atoms with van der Waals surface area (Å²) in [6.45, 7) is 13.0. The van der Waals surface area contributed by atoms with E-state index in [9.17, 15) is 25.3 Å². The summed E-state index contributed by atoms with van der Waals surface area (Å²) in [6.07, 6.45) is 15.0. The zero-order valence-electron chi connectivity index (χ0n) is 43.5. The van der Waals surface area contributed by atoms with Gasteiger partial charge in [0.15, 0.2) is 0 Å². The zero-order valence-corrected chi connectivity index (χ0v) is 45.9. The quantitative estimate of drug-likeness (QED) is 0.0365. The smallest absolute Gasteiger partial charge is 0.266 e. The van der Waals surface area contributed by atoms with E-state index in [0.29, 0.717) is 19.3 Å². The molecule has 0 spiro atoms. The van der Waals surface area contributed by atoms with Gasteiger partial charge in [0.1, 0.15) is 0 Å². The Morgan fingerprint density at radius 1 is 0.319 bits per heavy atom. The van der Waals surface area contributed by atoms with Gasteiger partial charge in [0, 0.05) is 0 Å². The van der Waals surface area contributed by atoms with Gasteiger partial charge in [0.05, 0.1) is 34.5 Å². The number of benzene rings is 6. The van der Waals surface area contributed by atoms with Crippen LogP contribution in [0.1, 0.15) is 129 Å². The Kier molecular flexibility index (Phi) is 26.2. The third kappa shape index (κ3) is 22.0. The Balaban J connectivity index is 0.000000234. The first-order chi connectivity index (χ1) is 34.5. The minimum Gasteiger partial charge on any atom is -0.266 e. The van der Waals surface area contributed by atoms with Crippen molar-refractivity contribution in [2.45, 2.75) is 153 Å².